The number of carbonyl (C=O) groups excluding carboxylic acids is 1. The fraction of sp³-hybridized carbons (Fsp3) is 0.211. The summed E-state index contributed by atoms with van der Waals surface area (Å²) in [5.74, 6) is 0.518. The maximum Gasteiger partial charge on any atom is 0.255 e. The maximum absolute atomic E-state index is 12.4. The van der Waals surface area contributed by atoms with Crippen molar-refractivity contribution in [1.29, 1.82) is 0 Å². The molecule has 2 rings (SSSR count). The van der Waals surface area contributed by atoms with E-state index in [1.165, 1.54) is 5.56 Å². The van der Waals surface area contributed by atoms with Crippen LogP contribution in [0.15, 0.2) is 54.6 Å². The van der Waals surface area contributed by atoms with Gasteiger partial charge in [0.25, 0.3) is 5.91 Å². The number of anilines is 1. The van der Waals surface area contributed by atoms with Gasteiger partial charge in [-0.15, -0.1) is 0 Å². The van der Waals surface area contributed by atoms with E-state index in [9.17, 15) is 4.79 Å². The van der Waals surface area contributed by atoms with Gasteiger partial charge in [0.15, 0.2) is 0 Å². The van der Waals surface area contributed by atoms with Gasteiger partial charge in [-0.1, -0.05) is 30.3 Å². The van der Waals surface area contributed by atoms with E-state index < -0.39 is 0 Å². The van der Waals surface area contributed by atoms with Crippen molar-refractivity contribution in [3.63, 3.8) is 0 Å². The van der Waals surface area contributed by atoms with Crippen molar-refractivity contribution in [2.24, 2.45) is 0 Å². The first-order valence-electron chi connectivity index (χ1n) is 7.21. The summed E-state index contributed by atoms with van der Waals surface area (Å²) >= 11 is 0. The Bertz CT molecular complexity index is 704. The fourth-order valence-corrected chi connectivity index (χ4v) is 2.08. The van der Waals surface area contributed by atoms with Gasteiger partial charge in [-0.2, -0.15) is 0 Å². The lowest BCUT2D eigenvalue weighted by Gasteiger charge is -2.10. The van der Waals surface area contributed by atoms with Gasteiger partial charge in [0, 0.05) is 11.3 Å². The summed E-state index contributed by atoms with van der Waals surface area (Å²) in [5, 5.41) is 2.93. The number of carbonyl (C=O) groups is 1. The summed E-state index contributed by atoms with van der Waals surface area (Å²) in [4.78, 5) is 12.4. The Balaban J connectivity index is 2.12. The Morgan fingerprint density at radius 1 is 1.18 bits per heavy atom. The molecule has 1 amide bonds. The minimum atomic E-state index is -0.146. The molecule has 0 saturated carbocycles. The summed E-state index contributed by atoms with van der Waals surface area (Å²) in [6.45, 7) is 10.2. The third-order valence-electron chi connectivity index (χ3n) is 3.21. The molecule has 0 spiro atoms. The van der Waals surface area contributed by atoms with Crippen molar-refractivity contribution in [2.45, 2.75) is 20.8 Å². The lowest BCUT2D eigenvalue weighted by atomic mass is 10.1. The summed E-state index contributed by atoms with van der Waals surface area (Å²) in [6, 6.07) is 13.1. The molecule has 1 N–H and O–H groups in total. The zero-order chi connectivity index (χ0) is 16.1. The number of benzene rings is 2. The van der Waals surface area contributed by atoms with Crippen LogP contribution < -0.4 is 10.1 Å². The molecule has 0 heterocycles. The van der Waals surface area contributed by atoms with Gasteiger partial charge in [0.2, 0.25) is 0 Å². The second-order valence-electron chi connectivity index (χ2n) is 5.55. The number of amides is 1. The zero-order valence-corrected chi connectivity index (χ0v) is 13.3. The van der Waals surface area contributed by atoms with Crippen molar-refractivity contribution < 1.29 is 9.53 Å². The summed E-state index contributed by atoms with van der Waals surface area (Å²) < 4.78 is 5.57. The third-order valence-corrected chi connectivity index (χ3v) is 3.21. The number of ether oxygens (including phenoxy) is 1. The monoisotopic (exact) mass is 295 g/mol. The van der Waals surface area contributed by atoms with Crippen molar-refractivity contribution >= 4 is 11.6 Å². The molecule has 2 aromatic carbocycles. The molecule has 0 aliphatic carbocycles. The van der Waals surface area contributed by atoms with Crippen LogP contribution in [-0.2, 0) is 0 Å². The largest absolute Gasteiger partial charge is 0.489 e. The van der Waals surface area contributed by atoms with Gasteiger partial charge in [-0.25, -0.2) is 0 Å². The highest BCUT2D eigenvalue weighted by Crippen LogP contribution is 2.19. The van der Waals surface area contributed by atoms with E-state index in [0.29, 0.717) is 17.9 Å². The molecule has 0 bridgehead atoms. The number of hydrogen-bond acceptors (Lipinski definition) is 2. The predicted molar refractivity (Wildman–Crippen MR) is 90.6 cm³/mol. The Kier molecular flexibility index (Phi) is 4.99. The molecule has 22 heavy (non-hydrogen) atoms. The first kappa shape index (κ1) is 15.8. The van der Waals surface area contributed by atoms with Crippen molar-refractivity contribution in [1.82, 2.24) is 0 Å². The van der Waals surface area contributed by atoms with Crippen LogP contribution in [0.5, 0.6) is 5.75 Å². The normalized spacial score (nSPS) is 10.1. The van der Waals surface area contributed by atoms with Gasteiger partial charge in [0.1, 0.15) is 12.4 Å². The van der Waals surface area contributed by atoms with Crippen LogP contribution in [0.3, 0.4) is 0 Å². The van der Waals surface area contributed by atoms with E-state index in [1.807, 2.05) is 51.1 Å². The molecule has 114 valence electrons. The van der Waals surface area contributed by atoms with E-state index in [1.54, 1.807) is 12.1 Å². The van der Waals surface area contributed by atoms with Crippen LogP contribution in [0.1, 0.15) is 28.4 Å². The molecule has 3 heteroatoms. The molecule has 0 atom stereocenters. The van der Waals surface area contributed by atoms with Gasteiger partial charge < -0.3 is 10.1 Å². The minimum absolute atomic E-state index is 0.146. The number of hydrogen-bond donors (Lipinski definition) is 1. The molecule has 0 fully saturated rings. The van der Waals surface area contributed by atoms with Crippen LogP contribution in [0, 0.1) is 13.8 Å². The van der Waals surface area contributed by atoms with Crippen LogP contribution in [0.4, 0.5) is 5.69 Å². The highest BCUT2D eigenvalue weighted by atomic mass is 16.5. The molecule has 0 saturated heterocycles. The van der Waals surface area contributed by atoms with E-state index in [2.05, 4.69) is 11.9 Å². The van der Waals surface area contributed by atoms with Gasteiger partial charge in [-0.05, 0) is 56.2 Å². The first-order chi connectivity index (χ1) is 10.5. The predicted octanol–water partition coefficient (Wildman–Crippen LogP) is 4.51. The Labute approximate surface area is 131 Å². The lowest BCUT2D eigenvalue weighted by Crippen LogP contribution is -2.13. The van der Waals surface area contributed by atoms with E-state index in [4.69, 9.17) is 4.74 Å². The Morgan fingerprint density at radius 2 is 1.95 bits per heavy atom. The Morgan fingerprint density at radius 3 is 2.64 bits per heavy atom. The molecule has 0 unspecified atom stereocenters. The molecular weight excluding hydrogens is 274 g/mol. The SMILES string of the molecule is C=C(C)COc1cccc(C(=O)Nc2ccc(C)cc2C)c1. The lowest BCUT2D eigenvalue weighted by molar-refractivity contribution is 0.102. The van der Waals surface area contributed by atoms with Crippen molar-refractivity contribution in [3.05, 3.63) is 71.3 Å². The van der Waals surface area contributed by atoms with Gasteiger partial charge in [-0.3, -0.25) is 4.79 Å². The third kappa shape index (κ3) is 4.22. The standard InChI is InChI=1S/C19H21NO2/c1-13(2)12-22-17-7-5-6-16(11-17)19(21)20-18-9-8-14(3)10-15(18)4/h5-11H,1,12H2,2-4H3,(H,20,21). The van der Waals surface area contributed by atoms with E-state index >= 15 is 0 Å². The van der Waals surface area contributed by atoms with E-state index in [-0.39, 0.29) is 5.91 Å². The highest BCUT2D eigenvalue weighted by Gasteiger charge is 2.09. The second kappa shape index (κ2) is 6.94. The maximum atomic E-state index is 12.4. The quantitative estimate of drug-likeness (QED) is 0.824. The number of aryl methyl sites for hydroxylation is 2. The summed E-state index contributed by atoms with van der Waals surface area (Å²) in [6.07, 6.45) is 0. The molecule has 0 radical (unpaired) electrons. The molecule has 0 aromatic heterocycles. The molecule has 0 aliphatic heterocycles. The Hall–Kier alpha value is -2.55. The van der Waals surface area contributed by atoms with Crippen LogP contribution in [0.2, 0.25) is 0 Å². The fourth-order valence-electron chi connectivity index (χ4n) is 2.08. The molecule has 0 aliphatic rings. The smallest absolute Gasteiger partial charge is 0.255 e. The first-order valence-corrected chi connectivity index (χ1v) is 7.21. The number of nitrogens with one attached hydrogen (secondary N) is 1. The molecule has 2 aromatic rings. The summed E-state index contributed by atoms with van der Waals surface area (Å²) in [5.41, 5.74) is 4.54. The van der Waals surface area contributed by atoms with Gasteiger partial charge >= 0.3 is 0 Å². The molecule has 3 nitrogen and oxygen atoms in total. The topological polar surface area (TPSA) is 38.3 Å². The average molecular weight is 295 g/mol. The number of rotatable bonds is 5. The van der Waals surface area contributed by atoms with Crippen LogP contribution in [-0.4, -0.2) is 12.5 Å². The van der Waals surface area contributed by atoms with Crippen molar-refractivity contribution in [3.8, 4) is 5.75 Å². The zero-order valence-electron chi connectivity index (χ0n) is 13.3. The average Bonchev–Trinajstić information content (AvgIpc) is 2.48. The van der Waals surface area contributed by atoms with Crippen LogP contribution in [0.25, 0.3) is 0 Å². The summed E-state index contributed by atoms with van der Waals surface area (Å²) in [7, 11) is 0. The van der Waals surface area contributed by atoms with Gasteiger partial charge in [0.05, 0.1) is 0 Å². The van der Waals surface area contributed by atoms with Crippen molar-refractivity contribution in [2.75, 3.05) is 11.9 Å². The van der Waals surface area contributed by atoms with E-state index in [0.717, 1.165) is 16.8 Å². The van der Waals surface area contributed by atoms with Crippen LogP contribution >= 0.6 is 0 Å². The minimum Gasteiger partial charge on any atom is -0.489 e. The second-order valence-corrected chi connectivity index (χ2v) is 5.55. The highest BCUT2D eigenvalue weighted by molar-refractivity contribution is 6.04. The molecular formula is C19H21NO2.